The number of fused-ring (bicyclic) bond motifs is 1. The van der Waals surface area contributed by atoms with E-state index in [4.69, 9.17) is 14.5 Å². The Labute approximate surface area is 240 Å². The Morgan fingerprint density at radius 1 is 1.07 bits per heavy atom. The Morgan fingerprint density at radius 2 is 1.83 bits per heavy atom. The molecule has 1 fully saturated rings. The van der Waals surface area contributed by atoms with Crippen molar-refractivity contribution < 1.29 is 27.4 Å². The van der Waals surface area contributed by atoms with Crippen LogP contribution < -0.4 is 10.3 Å². The van der Waals surface area contributed by atoms with E-state index in [0.717, 1.165) is 24.8 Å². The quantitative estimate of drug-likeness (QED) is 0.316. The van der Waals surface area contributed by atoms with Crippen LogP contribution in [0.15, 0.2) is 34.1 Å². The maximum absolute atomic E-state index is 13.7. The van der Waals surface area contributed by atoms with Gasteiger partial charge in [0, 0.05) is 45.5 Å². The maximum Gasteiger partial charge on any atom is 0.508 e. The van der Waals surface area contributed by atoms with Crippen molar-refractivity contribution in [3.8, 4) is 17.1 Å². The number of methoxy groups -OCH3 is 1. The number of rotatable bonds is 12. The van der Waals surface area contributed by atoms with E-state index in [1.54, 1.807) is 6.07 Å². The van der Waals surface area contributed by atoms with Crippen LogP contribution in [0.2, 0.25) is 0 Å². The third-order valence-electron chi connectivity index (χ3n) is 7.09. The number of hydrogen-bond acceptors (Lipinski definition) is 9. The summed E-state index contributed by atoms with van der Waals surface area (Å²) in [5, 5.41) is 0. The summed E-state index contributed by atoms with van der Waals surface area (Å²) < 4.78 is 46.1. The molecule has 0 amide bonds. The molecule has 2 aromatic heterocycles. The molecule has 4 rings (SSSR count). The maximum atomic E-state index is 13.7. The van der Waals surface area contributed by atoms with Crippen molar-refractivity contribution in [1.29, 1.82) is 0 Å². The first kappa shape index (κ1) is 30.5. The zero-order valence-corrected chi connectivity index (χ0v) is 25.0. The van der Waals surface area contributed by atoms with Gasteiger partial charge in [0.1, 0.15) is 23.7 Å². The molecule has 1 saturated heterocycles. The number of carbonyl (C=O) groups is 1. The summed E-state index contributed by atoms with van der Waals surface area (Å²) in [5.74, 6) is 0.725. The van der Waals surface area contributed by atoms with E-state index < -0.39 is 16.2 Å². The largest absolute Gasteiger partial charge is 0.508 e. The number of aryl methyl sites for hydroxylation is 2. The molecule has 224 valence electrons. The van der Waals surface area contributed by atoms with E-state index in [1.807, 2.05) is 29.5 Å². The third kappa shape index (κ3) is 6.74. The lowest BCUT2D eigenvalue weighted by Gasteiger charge is -2.33. The van der Waals surface area contributed by atoms with Crippen LogP contribution in [0.1, 0.15) is 39.2 Å². The summed E-state index contributed by atoms with van der Waals surface area (Å²) >= 11 is 0. The highest BCUT2D eigenvalue weighted by molar-refractivity contribution is 7.89. The van der Waals surface area contributed by atoms with E-state index in [1.165, 1.54) is 23.5 Å². The average Bonchev–Trinajstić information content (AvgIpc) is 3.34. The molecular weight excluding hydrogens is 550 g/mol. The molecule has 13 heteroatoms. The normalized spacial score (nSPS) is 14.8. The molecule has 41 heavy (non-hydrogen) atoms. The van der Waals surface area contributed by atoms with Gasteiger partial charge in [0.15, 0.2) is 0 Å². The van der Waals surface area contributed by atoms with Gasteiger partial charge in [-0.15, -0.1) is 0 Å². The molecule has 0 bridgehead atoms. The number of carbonyl (C=O) groups excluding carboxylic acids is 1. The van der Waals surface area contributed by atoms with Crippen molar-refractivity contribution in [1.82, 2.24) is 23.7 Å². The van der Waals surface area contributed by atoms with Gasteiger partial charge in [0.25, 0.3) is 5.56 Å². The van der Waals surface area contributed by atoms with Gasteiger partial charge in [-0.1, -0.05) is 20.3 Å². The lowest BCUT2D eigenvalue weighted by Crippen LogP contribution is -2.49. The Hall–Kier alpha value is -3.42. The van der Waals surface area contributed by atoms with Crippen LogP contribution in [-0.4, -0.2) is 91.4 Å². The minimum atomic E-state index is -3.84. The predicted molar refractivity (Wildman–Crippen MR) is 155 cm³/mol. The lowest BCUT2D eigenvalue weighted by atomic mass is 10.1. The van der Waals surface area contributed by atoms with E-state index in [2.05, 4.69) is 16.6 Å². The fraction of sp³-hybridized carbons (Fsp3) is 0.536. The number of ether oxygens (including phenoxy) is 3. The molecule has 12 nitrogen and oxygen atoms in total. The first-order valence-corrected chi connectivity index (χ1v) is 15.5. The Morgan fingerprint density at radius 3 is 2.49 bits per heavy atom. The van der Waals surface area contributed by atoms with Crippen molar-refractivity contribution in [2.45, 2.75) is 51.5 Å². The molecule has 3 heterocycles. The monoisotopic (exact) mass is 589 g/mol. The standard InChI is InChI=1S/C28H39N5O7S/c1-5-8-20-19-32(7-3)25-24(20)29-26(30-27(25)34)22-18-21(9-10-23(22)39-16-6-2)41(36,37)33-13-11-31(12-14-33)15-17-40-28(35)38-4/h9-10,18-19H,5-8,11-17H2,1-4H3,(H,29,30,34). The first-order valence-electron chi connectivity index (χ1n) is 14.1. The zero-order valence-electron chi connectivity index (χ0n) is 24.1. The second-order valence-corrected chi connectivity index (χ2v) is 11.8. The predicted octanol–water partition coefficient (Wildman–Crippen LogP) is 3.24. The molecular formula is C28H39N5O7S. The minimum absolute atomic E-state index is 0.0986. The number of piperazine rings is 1. The smallest absolute Gasteiger partial charge is 0.493 e. The summed E-state index contributed by atoms with van der Waals surface area (Å²) in [6.07, 6.45) is 3.66. The zero-order chi connectivity index (χ0) is 29.6. The summed E-state index contributed by atoms with van der Waals surface area (Å²) in [5.41, 5.74) is 2.25. The van der Waals surface area contributed by atoms with Crippen molar-refractivity contribution in [3.05, 3.63) is 40.3 Å². The fourth-order valence-electron chi connectivity index (χ4n) is 4.95. The van der Waals surface area contributed by atoms with Gasteiger partial charge in [0.05, 0.1) is 29.7 Å². The van der Waals surface area contributed by atoms with E-state index in [-0.39, 0.29) is 36.0 Å². The molecule has 0 aliphatic carbocycles. The van der Waals surface area contributed by atoms with Crippen LogP contribution in [0, 0.1) is 0 Å². The van der Waals surface area contributed by atoms with E-state index in [0.29, 0.717) is 55.1 Å². The van der Waals surface area contributed by atoms with Gasteiger partial charge < -0.3 is 23.8 Å². The lowest BCUT2D eigenvalue weighted by molar-refractivity contribution is 0.0598. The average molecular weight is 590 g/mol. The van der Waals surface area contributed by atoms with Gasteiger partial charge in [0.2, 0.25) is 10.0 Å². The Balaban J connectivity index is 1.65. The van der Waals surface area contributed by atoms with E-state index in [9.17, 15) is 18.0 Å². The second-order valence-electron chi connectivity index (χ2n) is 9.86. The second kappa shape index (κ2) is 13.5. The van der Waals surface area contributed by atoms with Crippen LogP contribution in [0.25, 0.3) is 22.4 Å². The summed E-state index contributed by atoms with van der Waals surface area (Å²) in [4.78, 5) is 34.3. The summed E-state index contributed by atoms with van der Waals surface area (Å²) in [7, 11) is -2.59. The highest BCUT2D eigenvalue weighted by Crippen LogP contribution is 2.33. The van der Waals surface area contributed by atoms with Crippen molar-refractivity contribution in [2.75, 3.05) is 53.0 Å². The SMILES string of the molecule is CCCOc1ccc(S(=O)(=O)N2CCN(CCOC(=O)OC)CC2)cc1-c1nc2c(CCC)cn(CC)c2c(=O)[nH]1. The Kier molecular flexibility index (Phi) is 10.1. The molecule has 0 unspecified atom stereocenters. The molecule has 1 aliphatic heterocycles. The van der Waals surface area contributed by atoms with Gasteiger partial charge >= 0.3 is 6.16 Å². The molecule has 1 N–H and O–H groups in total. The minimum Gasteiger partial charge on any atom is -0.493 e. The van der Waals surface area contributed by atoms with Crippen molar-refractivity contribution in [2.24, 2.45) is 0 Å². The summed E-state index contributed by atoms with van der Waals surface area (Å²) in [6.45, 7) is 9.31. The number of hydrogen-bond donors (Lipinski definition) is 1. The topological polar surface area (TPSA) is 136 Å². The number of sulfonamides is 1. The molecule has 1 aliphatic rings. The number of nitrogens with zero attached hydrogens (tertiary/aromatic N) is 4. The first-order chi connectivity index (χ1) is 19.7. The van der Waals surface area contributed by atoms with Crippen molar-refractivity contribution >= 4 is 27.2 Å². The highest BCUT2D eigenvalue weighted by atomic mass is 32.2. The Bertz CT molecular complexity index is 1520. The van der Waals surface area contributed by atoms with Gasteiger partial charge in [-0.05, 0) is 43.5 Å². The van der Waals surface area contributed by atoms with Crippen molar-refractivity contribution in [3.63, 3.8) is 0 Å². The number of nitrogens with one attached hydrogen (secondary N) is 1. The molecule has 0 saturated carbocycles. The molecule has 0 spiro atoms. The van der Waals surface area contributed by atoms with Gasteiger partial charge in [-0.3, -0.25) is 9.69 Å². The molecule has 0 atom stereocenters. The van der Waals surface area contributed by atoms with Crippen LogP contribution >= 0.6 is 0 Å². The number of H-pyrrole nitrogens is 1. The summed E-state index contributed by atoms with van der Waals surface area (Å²) in [6, 6.07) is 4.71. The van der Waals surface area contributed by atoms with Crippen LogP contribution in [0.3, 0.4) is 0 Å². The van der Waals surface area contributed by atoms with Gasteiger partial charge in [-0.2, -0.15) is 4.31 Å². The fourth-order valence-corrected chi connectivity index (χ4v) is 6.40. The highest BCUT2D eigenvalue weighted by Gasteiger charge is 2.30. The number of benzene rings is 1. The number of aromatic amines is 1. The van der Waals surface area contributed by atoms with Gasteiger partial charge in [-0.25, -0.2) is 18.2 Å². The van der Waals surface area contributed by atoms with Crippen LogP contribution in [0.4, 0.5) is 4.79 Å². The van der Waals surface area contributed by atoms with E-state index >= 15 is 0 Å². The van der Waals surface area contributed by atoms with Crippen LogP contribution in [-0.2, 0) is 32.5 Å². The van der Waals surface area contributed by atoms with Crippen LogP contribution in [0.5, 0.6) is 5.75 Å². The molecule has 3 aromatic rings. The molecule has 1 aromatic carbocycles. The third-order valence-corrected chi connectivity index (χ3v) is 8.98. The molecule has 0 radical (unpaired) electrons. The number of aromatic nitrogens is 3.